The van der Waals surface area contributed by atoms with E-state index in [2.05, 4.69) is 31.3 Å². The average Bonchev–Trinajstić information content (AvgIpc) is 3.36. The van der Waals surface area contributed by atoms with E-state index < -0.39 is 0 Å². The minimum atomic E-state index is -0.196. The number of hydrogen-bond acceptors (Lipinski definition) is 4. The number of guanidine groups is 1. The lowest BCUT2D eigenvalue weighted by Crippen LogP contribution is -2.57. The van der Waals surface area contributed by atoms with Crippen LogP contribution in [0.4, 0.5) is 5.69 Å². The van der Waals surface area contributed by atoms with Gasteiger partial charge in [0, 0.05) is 57.1 Å². The van der Waals surface area contributed by atoms with Gasteiger partial charge in [0.1, 0.15) is 6.54 Å². The highest BCUT2D eigenvalue weighted by Gasteiger charge is 2.30. The van der Waals surface area contributed by atoms with Gasteiger partial charge in [-0.2, -0.15) is 0 Å². The van der Waals surface area contributed by atoms with Crippen molar-refractivity contribution in [3.05, 3.63) is 29.8 Å². The molecule has 0 saturated carbocycles. The van der Waals surface area contributed by atoms with Crippen LogP contribution in [0.25, 0.3) is 0 Å². The largest absolute Gasteiger partial charge is 0.357 e. The summed E-state index contributed by atoms with van der Waals surface area (Å²) in [7, 11) is 0. The van der Waals surface area contributed by atoms with Gasteiger partial charge in [-0.05, 0) is 44.9 Å². The van der Waals surface area contributed by atoms with E-state index >= 15 is 0 Å². The molecule has 0 radical (unpaired) electrons. The topological polar surface area (TPSA) is 80.3 Å². The summed E-state index contributed by atoms with van der Waals surface area (Å²) in [5.74, 6) is 3.32. The Kier molecular flexibility index (Phi) is 8.51. The van der Waals surface area contributed by atoms with Crippen LogP contribution >= 0.6 is 0 Å². The standard InChI is InChI=1S/C24H34N6O2/c1-4-20-9-8-10-21(17-20)27-22(31)18-26-24(25-5-2)30-15-13-28(14-16-30)19(3)23(32)29-11-6-7-12-29/h1,8-10,17,19H,5-7,11-16,18H2,2-3H3,(H,25,26)(H,27,31). The second kappa shape index (κ2) is 11.5. The molecular weight excluding hydrogens is 404 g/mol. The quantitative estimate of drug-likeness (QED) is 0.396. The fraction of sp³-hybridized carbons (Fsp3) is 0.542. The second-order valence-corrected chi connectivity index (χ2v) is 8.17. The average molecular weight is 439 g/mol. The first kappa shape index (κ1) is 23.6. The molecule has 2 fully saturated rings. The molecule has 1 aromatic rings. The fourth-order valence-electron chi connectivity index (χ4n) is 4.14. The number of rotatable bonds is 6. The van der Waals surface area contributed by atoms with E-state index in [4.69, 9.17) is 6.42 Å². The maximum atomic E-state index is 12.7. The van der Waals surface area contributed by atoms with Gasteiger partial charge in [0.25, 0.3) is 0 Å². The first-order valence-electron chi connectivity index (χ1n) is 11.4. The number of carbonyl (C=O) groups excluding carboxylic acids is 2. The zero-order chi connectivity index (χ0) is 22.9. The lowest BCUT2D eigenvalue weighted by atomic mass is 10.2. The Morgan fingerprint density at radius 1 is 1.12 bits per heavy atom. The summed E-state index contributed by atoms with van der Waals surface area (Å²) in [6, 6.07) is 7.09. The zero-order valence-corrected chi connectivity index (χ0v) is 19.1. The van der Waals surface area contributed by atoms with Crippen LogP contribution in [-0.2, 0) is 9.59 Å². The summed E-state index contributed by atoms with van der Waals surface area (Å²) in [5.41, 5.74) is 1.38. The number of nitrogens with zero attached hydrogens (tertiary/aromatic N) is 4. The first-order chi connectivity index (χ1) is 15.5. The molecule has 172 valence electrons. The summed E-state index contributed by atoms with van der Waals surface area (Å²) in [6.45, 7) is 9.62. The van der Waals surface area contributed by atoms with Crippen LogP contribution < -0.4 is 10.6 Å². The number of aliphatic imine (C=N–C) groups is 1. The van der Waals surface area contributed by atoms with Gasteiger partial charge >= 0.3 is 0 Å². The maximum absolute atomic E-state index is 12.7. The summed E-state index contributed by atoms with van der Waals surface area (Å²) < 4.78 is 0. The highest BCUT2D eigenvalue weighted by atomic mass is 16.2. The van der Waals surface area contributed by atoms with Crippen molar-refractivity contribution in [2.45, 2.75) is 32.7 Å². The molecule has 2 heterocycles. The molecule has 0 spiro atoms. The van der Waals surface area contributed by atoms with E-state index in [1.807, 2.05) is 30.9 Å². The summed E-state index contributed by atoms with van der Waals surface area (Å²) in [4.78, 5) is 36.0. The van der Waals surface area contributed by atoms with Crippen LogP contribution in [0, 0.1) is 12.3 Å². The molecule has 1 unspecified atom stereocenters. The minimum Gasteiger partial charge on any atom is -0.357 e. The third-order valence-electron chi connectivity index (χ3n) is 5.96. The number of benzene rings is 1. The molecule has 0 aliphatic carbocycles. The third kappa shape index (κ3) is 6.24. The second-order valence-electron chi connectivity index (χ2n) is 8.17. The van der Waals surface area contributed by atoms with Gasteiger partial charge in [-0.15, -0.1) is 6.42 Å². The van der Waals surface area contributed by atoms with Gasteiger partial charge in [0.15, 0.2) is 5.96 Å². The molecule has 0 bridgehead atoms. The van der Waals surface area contributed by atoms with E-state index in [0.717, 1.165) is 63.6 Å². The Balaban J connectivity index is 1.52. The molecule has 2 N–H and O–H groups in total. The van der Waals surface area contributed by atoms with Crippen molar-refractivity contribution in [2.75, 3.05) is 57.7 Å². The zero-order valence-electron chi connectivity index (χ0n) is 19.1. The molecule has 3 rings (SSSR count). The molecule has 2 saturated heterocycles. The van der Waals surface area contributed by atoms with Gasteiger partial charge < -0.3 is 20.4 Å². The minimum absolute atomic E-state index is 0.0205. The monoisotopic (exact) mass is 438 g/mol. The molecule has 2 aliphatic rings. The van der Waals surface area contributed by atoms with Crippen molar-refractivity contribution in [2.24, 2.45) is 4.99 Å². The first-order valence-corrected chi connectivity index (χ1v) is 11.4. The highest BCUT2D eigenvalue weighted by Crippen LogP contribution is 2.14. The van der Waals surface area contributed by atoms with E-state index in [-0.39, 0.29) is 24.4 Å². The highest BCUT2D eigenvalue weighted by molar-refractivity contribution is 5.94. The number of amides is 2. The van der Waals surface area contributed by atoms with Gasteiger partial charge in [-0.1, -0.05) is 12.0 Å². The molecular formula is C24H34N6O2. The van der Waals surface area contributed by atoms with Crippen LogP contribution in [0.2, 0.25) is 0 Å². The number of piperazine rings is 1. The van der Waals surface area contributed by atoms with Crippen LogP contribution in [0.1, 0.15) is 32.3 Å². The molecule has 1 aromatic carbocycles. The number of carbonyl (C=O) groups is 2. The number of terminal acetylenes is 1. The Morgan fingerprint density at radius 2 is 1.84 bits per heavy atom. The lowest BCUT2D eigenvalue weighted by Gasteiger charge is -2.39. The molecule has 8 nitrogen and oxygen atoms in total. The van der Waals surface area contributed by atoms with Gasteiger partial charge in [0.2, 0.25) is 11.8 Å². The molecule has 0 aromatic heterocycles. The molecule has 1 atom stereocenters. The normalized spacial score (nSPS) is 18.2. The number of likely N-dealkylation sites (tertiary alicyclic amines) is 1. The molecule has 8 heteroatoms. The van der Waals surface area contributed by atoms with Crippen LogP contribution in [0.5, 0.6) is 0 Å². The summed E-state index contributed by atoms with van der Waals surface area (Å²) >= 11 is 0. The predicted octanol–water partition coefficient (Wildman–Crippen LogP) is 1.20. The van der Waals surface area contributed by atoms with Crippen LogP contribution in [0.3, 0.4) is 0 Å². The van der Waals surface area contributed by atoms with Gasteiger partial charge in [-0.3, -0.25) is 14.5 Å². The van der Waals surface area contributed by atoms with Crippen molar-refractivity contribution in [1.29, 1.82) is 0 Å². The van der Waals surface area contributed by atoms with Crippen molar-refractivity contribution in [3.63, 3.8) is 0 Å². The van der Waals surface area contributed by atoms with E-state index in [1.165, 1.54) is 0 Å². The Labute approximate surface area is 191 Å². The van der Waals surface area contributed by atoms with Crippen molar-refractivity contribution in [3.8, 4) is 12.3 Å². The number of nitrogens with one attached hydrogen (secondary N) is 2. The van der Waals surface area contributed by atoms with E-state index in [9.17, 15) is 9.59 Å². The fourth-order valence-corrected chi connectivity index (χ4v) is 4.14. The SMILES string of the molecule is C#Cc1cccc(NC(=O)CN=C(NCC)N2CCN(C(C)C(=O)N3CCCC3)CC2)c1. The third-order valence-corrected chi connectivity index (χ3v) is 5.96. The van der Waals surface area contributed by atoms with E-state index in [1.54, 1.807) is 12.1 Å². The van der Waals surface area contributed by atoms with Crippen molar-refractivity contribution >= 4 is 23.5 Å². The molecule has 2 aliphatic heterocycles. The predicted molar refractivity (Wildman–Crippen MR) is 127 cm³/mol. The van der Waals surface area contributed by atoms with Gasteiger partial charge in [0.05, 0.1) is 6.04 Å². The summed E-state index contributed by atoms with van der Waals surface area (Å²) in [6.07, 6.45) is 7.64. The maximum Gasteiger partial charge on any atom is 0.246 e. The van der Waals surface area contributed by atoms with E-state index in [0.29, 0.717) is 12.2 Å². The van der Waals surface area contributed by atoms with Crippen molar-refractivity contribution in [1.82, 2.24) is 20.0 Å². The Hall–Kier alpha value is -3.05. The number of anilines is 1. The van der Waals surface area contributed by atoms with Crippen LogP contribution in [0.15, 0.2) is 29.3 Å². The Morgan fingerprint density at radius 3 is 2.50 bits per heavy atom. The summed E-state index contributed by atoms with van der Waals surface area (Å²) in [5, 5.41) is 6.12. The Bertz CT molecular complexity index is 863. The van der Waals surface area contributed by atoms with Crippen LogP contribution in [-0.4, -0.2) is 90.9 Å². The molecule has 32 heavy (non-hydrogen) atoms. The van der Waals surface area contributed by atoms with Gasteiger partial charge in [-0.25, -0.2) is 4.99 Å². The lowest BCUT2D eigenvalue weighted by molar-refractivity contribution is -0.135. The molecule has 2 amide bonds. The number of hydrogen-bond donors (Lipinski definition) is 2. The van der Waals surface area contributed by atoms with Crippen molar-refractivity contribution < 1.29 is 9.59 Å². The smallest absolute Gasteiger partial charge is 0.246 e.